The molecule has 2 N–H and O–H groups in total. The van der Waals surface area contributed by atoms with Crippen molar-refractivity contribution in [1.82, 2.24) is 0 Å². The van der Waals surface area contributed by atoms with Crippen LogP contribution in [-0.2, 0) is 0 Å². The van der Waals surface area contributed by atoms with Crippen LogP contribution in [0.25, 0.3) is 0 Å². The Bertz CT molecular complexity index is 127. The van der Waals surface area contributed by atoms with E-state index in [1.807, 2.05) is 0 Å². The molecule has 0 heterocycles. The Balaban J connectivity index is 4.28. The van der Waals surface area contributed by atoms with E-state index < -0.39 is 0 Å². The zero-order chi connectivity index (χ0) is 11.0. The molecule has 0 rings (SSSR count). The van der Waals surface area contributed by atoms with Crippen LogP contribution in [0.15, 0.2) is 0 Å². The Morgan fingerprint density at radius 1 is 1.00 bits per heavy atom. The summed E-state index contributed by atoms with van der Waals surface area (Å²) in [5.74, 6) is 0. The molecule has 0 aromatic carbocycles. The molecule has 1 nitrogen and oxygen atoms in total. The molecule has 0 radical (unpaired) electrons. The van der Waals surface area contributed by atoms with Gasteiger partial charge in [-0.15, -0.1) is 0 Å². The zero-order valence-corrected chi connectivity index (χ0v) is 10.6. The molecule has 0 aromatic rings. The Morgan fingerprint density at radius 3 is 1.93 bits per heavy atom. The first-order valence-electron chi connectivity index (χ1n) is 6.42. The second-order valence-electron chi connectivity index (χ2n) is 4.57. The van der Waals surface area contributed by atoms with Crippen molar-refractivity contribution in [1.29, 1.82) is 0 Å². The van der Waals surface area contributed by atoms with Crippen molar-refractivity contribution in [2.45, 2.75) is 78.7 Å². The normalized spacial score (nSPS) is 14.4. The van der Waals surface area contributed by atoms with Crippen LogP contribution in [-0.4, -0.2) is 6.04 Å². The standard InChI is InChI=1S/C13H29N/c1-5-9-10-12(14)13(7-3,8-4)11-6-2/h12H,5-11,14H2,1-4H3. The van der Waals surface area contributed by atoms with Crippen LogP contribution in [0.2, 0.25) is 0 Å². The van der Waals surface area contributed by atoms with Crippen LogP contribution in [0.4, 0.5) is 0 Å². The van der Waals surface area contributed by atoms with Crippen molar-refractivity contribution in [2.75, 3.05) is 0 Å². The molecule has 0 aromatic heterocycles. The van der Waals surface area contributed by atoms with Crippen LogP contribution >= 0.6 is 0 Å². The van der Waals surface area contributed by atoms with E-state index in [0.717, 1.165) is 0 Å². The molecule has 0 aliphatic rings. The third kappa shape index (κ3) is 3.61. The lowest BCUT2D eigenvalue weighted by molar-refractivity contribution is 0.172. The summed E-state index contributed by atoms with van der Waals surface area (Å²) in [6.07, 6.45) is 8.80. The van der Waals surface area contributed by atoms with E-state index in [4.69, 9.17) is 5.73 Å². The SMILES string of the molecule is CCCCC(N)C(CC)(CC)CCC. The van der Waals surface area contributed by atoms with Crippen molar-refractivity contribution >= 4 is 0 Å². The van der Waals surface area contributed by atoms with Gasteiger partial charge in [-0.3, -0.25) is 0 Å². The average molecular weight is 199 g/mol. The zero-order valence-electron chi connectivity index (χ0n) is 10.6. The van der Waals surface area contributed by atoms with E-state index in [1.54, 1.807) is 0 Å². The minimum Gasteiger partial charge on any atom is -0.327 e. The van der Waals surface area contributed by atoms with E-state index in [-0.39, 0.29) is 0 Å². The van der Waals surface area contributed by atoms with E-state index in [0.29, 0.717) is 11.5 Å². The summed E-state index contributed by atoms with van der Waals surface area (Å²) < 4.78 is 0. The fourth-order valence-corrected chi connectivity index (χ4v) is 2.54. The molecule has 1 atom stereocenters. The van der Waals surface area contributed by atoms with Crippen molar-refractivity contribution in [3.05, 3.63) is 0 Å². The lowest BCUT2D eigenvalue weighted by Crippen LogP contribution is -2.41. The summed E-state index contributed by atoms with van der Waals surface area (Å²) in [4.78, 5) is 0. The highest BCUT2D eigenvalue weighted by molar-refractivity contribution is 4.86. The van der Waals surface area contributed by atoms with Crippen molar-refractivity contribution in [2.24, 2.45) is 11.1 Å². The first-order valence-corrected chi connectivity index (χ1v) is 6.42. The van der Waals surface area contributed by atoms with Gasteiger partial charge >= 0.3 is 0 Å². The molecule has 0 amide bonds. The first kappa shape index (κ1) is 14.0. The highest BCUT2D eigenvalue weighted by atomic mass is 14.7. The largest absolute Gasteiger partial charge is 0.327 e. The monoisotopic (exact) mass is 199 g/mol. The maximum Gasteiger partial charge on any atom is 0.00953 e. The van der Waals surface area contributed by atoms with Crippen LogP contribution in [0.1, 0.15) is 72.6 Å². The molecule has 0 spiro atoms. The molecule has 0 fully saturated rings. The average Bonchev–Trinajstić information content (AvgIpc) is 2.22. The molecular weight excluding hydrogens is 170 g/mol. The number of nitrogens with two attached hydrogens (primary N) is 1. The highest BCUT2D eigenvalue weighted by Crippen LogP contribution is 2.36. The van der Waals surface area contributed by atoms with Gasteiger partial charge in [0.1, 0.15) is 0 Å². The van der Waals surface area contributed by atoms with Gasteiger partial charge in [0.15, 0.2) is 0 Å². The lowest BCUT2D eigenvalue weighted by atomic mass is 9.71. The molecule has 0 aliphatic heterocycles. The molecular formula is C13H29N. The number of hydrogen-bond acceptors (Lipinski definition) is 1. The fraction of sp³-hybridized carbons (Fsp3) is 1.00. The van der Waals surface area contributed by atoms with Crippen molar-refractivity contribution in [3.63, 3.8) is 0 Å². The van der Waals surface area contributed by atoms with Gasteiger partial charge in [-0.1, -0.05) is 47.0 Å². The molecule has 0 aliphatic carbocycles. The van der Waals surface area contributed by atoms with Gasteiger partial charge in [0.05, 0.1) is 0 Å². The maximum absolute atomic E-state index is 6.35. The summed E-state index contributed by atoms with van der Waals surface area (Å²) in [5, 5.41) is 0. The molecule has 1 unspecified atom stereocenters. The minimum absolute atomic E-state index is 0.414. The second-order valence-corrected chi connectivity index (χ2v) is 4.57. The Kier molecular flexibility index (Phi) is 7.26. The van der Waals surface area contributed by atoms with Crippen LogP contribution in [0.3, 0.4) is 0 Å². The van der Waals surface area contributed by atoms with Gasteiger partial charge in [0.25, 0.3) is 0 Å². The predicted octanol–water partition coefficient (Wildman–Crippen LogP) is 4.11. The smallest absolute Gasteiger partial charge is 0.00953 e. The molecule has 0 saturated heterocycles. The number of rotatable bonds is 8. The second kappa shape index (κ2) is 7.28. The van der Waals surface area contributed by atoms with Gasteiger partial charge in [-0.05, 0) is 31.1 Å². The van der Waals surface area contributed by atoms with Gasteiger partial charge < -0.3 is 5.73 Å². The molecule has 1 heteroatoms. The van der Waals surface area contributed by atoms with Crippen LogP contribution < -0.4 is 5.73 Å². The van der Waals surface area contributed by atoms with E-state index >= 15 is 0 Å². The molecule has 0 bridgehead atoms. The Hall–Kier alpha value is -0.0400. The summed E-state index contributed by atoms with van der Waals surface area (Å²) in [6.45, 7) is 9.11. The summed E-state index contributed by atoms with van der Waals surface area (Å²) in [6, 6.07) is 0.414. The Labute approximate surface area is 90.5 Å². The minimum atomic E-state index is 0.414. The summed E-state index contributed by atoms with van der Waals surface area (Å²) in [7, 11) is 0. The topological polar surface area (TPSA) is 26.0 Å². The third-order valence-electron chi connectivity index (χ3n) is 3.81. The quantitative estimate of drug-likeness (QED) is 0.625. The van der Waals surface area contributed by atoms with Gasteiger partial charge in [-0.25, -0.2) is 0 Å². The first-order chi connectivity index (χ1) is 6.66. The van der Waals surface area contributed by atoms with Crippen LogP contribution in [0, 0.1) is 5.41 Å². The number of hydrogen-bond donors (Lipinski definition) is 1. The van der Waals surface area contributed by atoms with Gasteiger partial charge in [-0.2, -0.15) is 0 Å². The predicted molar refractivity (Wildman–Crippen MR) is 65.4 cm³/mol. The molecule has 0 saturated carbocycles. The molecule has 14 heavy (non-hydrogen) atoms. The van der Waals surface area contributed by atoms with E-state index in [2.05, 4.69) is 27.7 Å². The maximum atomic E-state index is 6.35. The van der Waals surface area contributed by atoms with Crippen LogP contribution in [0.5, 0.6) is 0 Å². The summed E-state index contributed by atoms with van der Waals surface area (Å²) in [5.41, 5.74) is 6.77. The van der Waals surface area contributed by atoms with E-state index in [1.165, 1.54) is 44.9 Å². The lowest BCUT2D eigenvalue weighted by Gasteiger charge is -2.37. The van der Waals surface area contributed by atoms with Crippen molar-refractivity contribution in [3.8, 4) is 0 Å². The molecule has 86 valence electrons. The third-order valence-corrected chi connectivity index (χ3v) is 3.81. The highest BCUT2D eigenvalue weighted by Gasteiger charge is 2.31. The number of unbranched alkanes of at least 4 members (excludes halogenated alkanes) is 1. The van der Waals surface area contributed by atoms with Gasteiger partial charge in [0.2, 0.25) is 0 Å². The van der Waals surface area contributed by atoms with E-state index in [9.17, 15) is 0 Å². The fourth-order valence-electron chi connectivity index (χ4n) is 2.54. The van der Waals surface area contributed by atoms with Crippen molar-refractivity contribution < 1.29 is 0 Å². The Morgan fingerprint density at radius 2 is 1.57 bits per heavy atom. The summed E-state index contributed by atoms with van der Waals surface area (Å²) >= 11 is 0. The van der Waals surface area contributed by atoms with Gasteiger partial charge in [0, 0.05) is 6.04 Å².